The molecule has 0 heterocycles. The van der Waals surface area contributed by atoms with Gasteiger partial charge in [-0.2, -0.15) is 0 Å². The van der Waals surface area contributed by atoms with Crippen molar-refractivity contribution in [1.29, 1.82) is 0 Å². The van der Waals surface area contributed by atoms with Gasteiger partial charge in [-0.05, 0) is 18.1 Å². The van der Waals surface area contributed by atoms with E-state index < -0.39 is 6.04 Å². The van der Waals surface area contributed by atoms with Crippen LogP contribution >= 0.6 is 0 Å². The Hall–Kier alpha value is -1.93. The lowest BCUT2D eigenvalue weighted by molar-refractivity contribution is 0.0961. The molecule has 2 N–H and O–H groups in total. The number of ketones is 1. The maximum atomic E-state index is 12.2. The highest BCUT2D eigenvalue weighted by molar-refractivity contribution is 6.00. The molecule has 0 aromatic heterocycles. The molecule has 2 aromatic carbocycles. The van der Waals surface area contributed by atoms with Crippen LogP contribution in [0.5, 0.6) is 0 Å². The number of rotatable bonds is 3. The van der Waals surface area contributed by atoms with Crippen molar-refractivity contribution >= 4 is 5.78 Å². The van der Waals surface area contributed by atoms with E-state index >= 15 is 0 Å². The van der Waals surface area contributed by atoms with Gasteiger partial charge in [0.2, 0.25) is 0 Å². The van der Waals surface area contributed by atoms with E-state index in [1.807, 2.05) is 49.4 Å². The first-order valence-electron chi connectivity index (χ1n) is 5.60. The number of benzene rings is 2. The van der Waals surface area contributed by atoms with E-state index in [0.29, 0.717) is 5.56 Å². The van der Waals surface area contributed by atoms with Gasteiger partial charge in [-0.25, -0.2) is 0 Å². The highest BCUT2D eigenvalue weighted by Crippen LogP contribution is 2.19. The monoisotopic (exact) mass is 225 g/mol. The molecular formula is C15H15NO. The van der Waals surface area contributed by atoms with Gasteiger partial charge in [0, 0.05) is 5.56 Å². The lowest BCUT2D eigenvalue weighted by Crippen LogP contribution is -2.22. The summed E-state index contributed by atoms with van der Waals surface area (Å²) in [6.07, 6.45) is 0. The van der Waals surface area contributed by atoms with Crippen molar-refractivity contribution in [1.82, 2.24) is 0 Å². The normalized spacial score (nSPS) is 12.1. The Labute approximate surface area is 101 Å². The molecule has 0 spiro atoms. The zero-order valence-electron chi connectivity index (χ0n) is 9.76. The van der Waals surface area contributed by atoms with E-state index in [0.717, 1.165) is 11.1 Å². The molecule has 0 saturated carbocycles. The molecule has 0 amide bonds. The van der Waals surface area contributed by atoms with Crippen LogP contribution in [0.4, 0.5) is 0 Å². The van der Waals surface area contributed by atoms with Crippen molar-refractivity contribution in [2.24, 2.45) is 5.73 Å². The second kappa shape index (κ2) is 4.93. The van der Waals surface area contributed by atoms with Crippen molar-refractivity contribution in [3.05, 3.63) is 71.3 Å². The van der Waals surface area contributed by atoms with Crippen molar-refractivity contribution in [2.45, 2.75) is 13.0 Å². The van der Waals surface area contributed by atoms with Crippen LogP contribution in [0, 0.1) is 6.92 Å². The number of carbonyl (C=O) groups is 1. The summed E-state index contributed by atoms with van der Waals surface area (Å²) < 4.78 is 0. The summed E-state index contributed by atoms with van der Waals surface area (Å²) in [7, 11) is 0. The summed E-state index contributed by atoms with van der Waals surface area (Å²) in [4.78, 5) is 12.2. The molecule has 0 aliphatic heterocycles. The van der Waals surface area contributed by atoms with Gasteiger partial charge in [-0.3, -0.25) is 4.79 Å². The van der Waals surface area contributed by atoms with E-state index in [2.05, 4.69) is 0 Å². The Morgan fingerprint density at radius 2 is 1.59 bits per heavy atom. The van der Waals surface area contributed by atoms with Crippen molar-refractivity contribution < 1.29 is 4.79 Å². The van der Waals surface area contributed by atoms with Crippen molar-refractivity contribution in [3.63, 3.8) is 0 Å². The molecule has 0 aliphatic carbocycles. The van der Waals surface area contributed by atoms with Crippen LogP contribution in [0.1, 0.15) is 27.5 Å². The number of hydrogen-bond acceptors (Lipinski definition) is 2. The molecular weight excluding hydrogens is 210 g/mol. The Kier molecular flexibility index (Phi) is 3.35. The van der Waals surface area contributed by atoms with Crippen LogP contribution in [0.3, 0.4) is 0 Å². The van der Waals surface area contributed by atoms with Crippen LogP contribution in [0.15, 0.2) is 54.6 Å². The molecule has 0 unspecified atom stereocenters. The standard InChI is InChI=1S/C15H15NO/c1-11-7-5-6-10-13(11)14(16)15(17)12-8-3-2-4-9-12/h2-10,14H,16H2,1H3/t14-/m1/s1. The smallest absolute Gasteiger partial charge is 0.184 e. The molecule has 86 valence electrons. The lowest BCUT2D eigenvalue weighted by Gasteiger charge is -2.13. The molecule has 0 fully saturated rings. The summed E-state index contributed by atoms with van der Waals surface area (Å²) in [6, 6.07) is 16.3. The van der Waals surface area contributed by atoms with Gasteiger partial charge >= 0.3 is 0 Å². The van der Waals surface area contributed by atoms with Gasteiger partial charge in [-0.1, -0.05) is 54.6 Å². The molecule has 2 rings (SSSR count). The minimum absolute atomic E-state index is 0.0418. The van der Waals surface area contributed by atoms with E-state index in [9.17, 15) is 4.79 Å². The molecule has 2 nitrogen and oxygen atoms in total. The Balaban J connectivity index is 2.30. The molecule has 2 aromatic rings. The predicted molar refractivity (Wildman–Crippen MR) is 68.9 cm³/mol. The summed E-state index contributed by atoms with van der Waals surface area (Å²) in [6.45, 7) is 1.97. The highest BCUT2D eigenvalue weighted by atomic mass is 16.1. The first-order chi connectivity index (χ1) is 8.20. The number of Topliss-reactive ketones (excluding diaryl/α,β-unsaturated/α-hetero) is 1. The third-order valence-electron chi connectivity index (χ3n) is 2.86. The van der Waals surface area contributed by atoms with Gasteiger partial charge < -0.3 is 5.73 Å². The maximum absolute atomic E-state index is 12.2. The minimum atomic E-state index is -0.585. The highest BCUT2D eigenvalue weighted by Gasteiger charge is 2.18. The molecule has 0 radical (unpaired) electrons. The Bertz CT molecular complexity index is 519. The number of carbonyl (C=O) groups excluding carboxylic acids is 1. The van der Waals surface area contributed by atoms with Crippen LogP contribution in [-0.4, -0.2) is 5.78 Å². The zero-order valence-corrected chi connectivity index (χ0v) is 9.76. The largest absolute Gasteiger partial charge is 0.317 e. The molecule has 0 bridgehead atoms. The van der Waals surface area contributed by atoms with Crippen LogP contribution in [0.25, 0.3) is 0 Å². The van der Waals surface area contributed by atoms with Gasteiger partial charge in [0.15, 0.2) is 5.78 Å². The van der Waals surface area contributed by atoms with E-state index in [-0.39, 0.29) is 5.78 Å². The second-order valence-corrected chi connectivity index (χ2v) is 4.06. The van der Waals surface area contributed by atoms with Crippen molar-refractivity contribution in [3.8, 4) is 0 Å². The van der Waals surface area contributed by atoms with Crippen LogP contribution in [0.2, 0.25) is 0 Å². The summed E-state index contributed by atoms with van der Waals surface area (Å²) >= 11 is 0. The first kappa shape index (κ1) is 11.6. The lowest BCUT2D eigenvalue weighted by atomic mass is 9.95. The number of nitrogens with two attached hydrogens (primary N) is 1. The van der Waals surface area contributed by atoms with Gasteiger partial charge in [0.1, 0.15) is 0 Å². The third-order valence-corrected chi connectivity index (χ3v) is 2.86. The summed E-state index contributed by atoms with van der Waals surface area (Å²) in [5.74, 6) is -0.0418. The fourth-order valence-corrected chi connectivity index (χ4v) is 1.86. The average molecular weight is 225 g/mol. The second-order valence-electron chi connectivity index (χ2n) is 4.06. The molecule has 1 atom stereocenters. The topological polar surface area (TPSA) is 43.1 Å². The number of aryl methyl sites for hydroxylation is 1. The Morgan fingerprint density at radius 1 is 1.00 bits per heavy atom. The summed E-state index contributed by atoms with van der Waals surface area (Å²) in [5.41, 5.74) is 8.61. The van der Waals surface area contributed by atoms with Gasteiger partial charge in [0.25, 0.3) is 0 Å². The van der Waals surface area contributed by atoms with Crippen LogP contribution in [-0.2, 0) is 0 Å². The van der Waals surface area contributed by atoms with E-state index in [1.165, 1.54) is 0 Å². The van der Waals surface area contributed by atoms with E-state index in [1.54, 1.807) is 12.1 Å². The fourth-order valence-electron chi connectivity index (χ4n) is 1.86. The minimum Gasteiger partial charge on any atom is -0.317 e. The van der Waals surface area contributed by atoms with Crippen LogP contribution < -0.4 is 5.73 Å². The van der Waals surface area contributed by atoms with E-state index in [4.69, 9.17) is 5.73 Å². The molecule has 0 saturated heterocycles. The molecule has 0 aliphatic rings. The Morgan fingerprint density at radius 3 is 2.24 bits per heavy atom. The first-order valence-corrected chi connectivity index (χ1v) is 5.60. The molecule has 17 heavy (non-hydrogen) atoms. The third kappa shape index (κ3) is 2.43. The maximum Gasteiger partial charge on any atom is 0.184 e. The SMILES string of the molecule is Cc1ccccc1[C@@H](N)C(=O)c1ccccc1. The quantitative estimate of drug-likeness (QED) is 0.816. The van der Waals surface area contributed by atoms with Gasteiger partial charge in [0.05, 0.1) is 6.04 Å². The fraction of sp³-hybridized carbons (Fsp3) is 0.133. The molecule has 2 heteroatoms. The zero-order chi connectivity index (χ0) is 12.3. The van der Waals surface area contributed by atoms with Crippen molar-refractivity contribution in [2.75, 3.05) is 0 Å². The van der Waals surface area contributed by atoms with Gasteiger partial charge in [-0.15, -0.1) is 0 Å². The predicted octanol–water partition coefficient (Wildman–Crippen LogP) is 2.88. The summed E-state index contributed by atoms with van der Waals surface area (Å²) in [5, 5.41) is 0. The number of hydrogen-bond donors (Lipinski definition) is 1. The average Bonchev–Trinajstić information content (AvgIpc) is 2.39.